The third-order valence-corrected chi connectivity index (χ3v) is 8.47. The predicted octanol–water partition coefficient (Wildman–Crippen LogP) is 2.63. The molecule has 0 aromatic heterocycles. The Morgan fingerprint density at radius 2 is 1.70 bits per heavy atom. The highest BCUT2D eigenvalue weighted by Gasteiger charge is 2.46. The number of rotatable bonds is 9. The number of hydrogen-bond acceptors (Lipinski definition) is 7. The van der Waals surface area contributed by atoms with E-state index in [2.05, 4.69) is 27.3 Å². The number of likely N-dealkylation sites (tertiary alicyclic amines) is 1. The van der Waals surface area contributed by atoms with E-state index in [4.69, 9.17) is 0 Å². The number of benzene rings is 2. The molecular weight excluding hydrogens is 564 g/mol. The number of nitro benzene ring substituents is 1. The minimum atomic E-state index is -0.930. The summed E-state index contributed by atoms with van der Waals surface area (Å²) >= 11 is 0. The molecule has 4 amide bonds. The summed E-state index contributed by atoms with van der Waals surface area (Å²) in [6.45, 7) is 7.28. The van der Waals surface area contributed by atoms with Crippen molar-refractivity contribution in [3.8, 4) is 0 Å². The van der Waals surface area contributed by atoms with E-state index in [1.807, 2.05) is 39.0 Å². The Morgan fingerprint density at radius 1 is 1.02 bits per heavy atom. The number of amides is 4. The van der Waals surface area contributed by atoms with Crippen LogP contribution in [-0.4, -0.2) is 71.2 Å². The van der Waals surface area contributed by atoms with Gasteiger partial charge < -0.3 is 26.2 Å². The molecule has 4 rings (SSSR count). The lowest BCUT2D eigenvalue weighted by Gasteiger charge is -2.36. The van der Waals surface area contributed by atoms with E-state index >= 15 is 0 Å². The standard InChI is InChI=1S/C32H42N6O6/c1-19(33-5)28(39)36-27(32(2,3)4)31(42)37-18-22(34-29(40)21-13-15-23(16-14-21)38(43)44)17-26(37)30(41)35-25-12-8-10-20-9-6-7-11-24(20)25/h6-7,9,11,13-16,19,22,25-27,33H,8,10,12,17-18H2,1-5H3,(H,34,40)(H,35,41)(H,36,39)/t19-,22-,25+,26-,27+/m0/s1. The highest BCUT2D eigenvalue weighted by atomic mass is 16.6. The number of non-ortho nitro benzene ring substituents is 1. The quantitative estimate of drug-likeness (QED) is 0.252. The number of hydrogen-bond donors (Lipinski definition) is 4. The molecule has 2 aromatic rings. The molecule has 12 heteroatoms. The third-order valence-electron chi connectivity index (χ3n) is 8.47. The van der Waals surface area contributed by atoms with Crippen molar-refractivity contribution in [1.29, 1.82) is 0 Å². The van der Waals surface area contributed by atoms with Crippen molar-refractivity contribution in [2.24, 2.45) is 5.41 Å². The van der Waals surface area contributed by atoms with Gasteiger partial charge in [-0.05, 0) is 68.3 Å². The summed E-state index contributed by atoms with van der Waals surface area (Å²) in [6.07, 6.45) is 2.80. The van der Waals surface area contributed by atoms with Crippen LogP contribution in [0.5, 0.6) is 0 Å². The molecule has 5 atom stereocenters. The van der Waals surface area contributed by atoms with Gasteiger partial charge in [-0.2, -0.15) is 0 Å². The molecule has 0 spiro atoms. The average molecular weight is 607 g/mol. The molecule has 1 fully saturated rings. The van der Waals surface area contributed by atoms with E-state index in [-0.39, 0.29) is 42.1 Å². The number of aryl methyl sites for hydroxylation is 1. The second kappa shape index (κ2) is 13.5. The first kappa shape index (κ1) is 32.6. The van der Waals surface area contributed by atoms with Crippen molar-refractivity contribution in [2.45, 2.75) is 83.6 Å². The van der Waals surface area contributed by atoms with Gasteiger partial charge in [0.05, 0.1) is 17.0 Å². The zero-order chi connectivity index (χ0) is 32.2. The van der Waals surface area contributed by atoms with Gasteiger partial charge in [0.25, 0.3) is 11.6 Å². The van der Waals surface area contributed by atoms with Crippen LogP contribution < -0.4 is 21.3 Å². The summed E-state index contributed by atoms with van der Waals surface area (Å²) in [5.41, 5.74) is 1.66. The molecule has 0 unspecified atom stereocenters. The van der Waals surface area contributed by atoms with Crippen LogP contribution >= 0.6 is 0 Å². The van der Waals surface area contributed by atoms with Crippen LogP contribution in [0, 0.1) is 15.5 Å². The summed E-state index contributed by atoms with van der Waals surface area (Å²) in [4.78, 5) is 66.0. The predicted molar refractivity (Wildman–Crippen MR) is 165 cm³/mol. The summed E-state index contributed by atoms with van der Waals surface area (Å²) in [7, 11) is 1.65. The third kappa shape index (κ3) is 7.42. The topological polar surface area (TPSA) is 163 Å². The summed E-state index contributed by atoms with van der Waals surface area (Å²) in [5.74, 6) is -1.55. The average Bonchev–Trinajstić information content (AvgIpc) is 3.42. The monoisotopic (exact) mass is 606 g/mol. The van der Waals surface area contributed by atoms with Gasteiger partial charge in [-0.1, -0.05) is 45.0 Å². The van der Waals surface area contributed by atoms with Crippen LogP contribution in [0.1, 0.15) is 74.5 Å². The van der Waals surface area contributed by atoms with Crippen LogP contribution in [0.15, 0.2) is 48.5 Å². The molecule has 236 valence electrons. The molecule has 2 aromatic carbocycles. The Hall–Kier alpha value is -4.32. The molecular formula is C32H42N6O6. The molecule has 2 aliphatic rings. The molecule has 1 heterocycles. The van der Waals surface area contributed by atoms with Gasteiger partial charge in [0.2, 0.25) is 17.7 Å². The number of nitrogens with one attached hydrogen (secondary N) is 4. The van der Waals surface area contributed by atoms with Crippen LogP contribution in [0.25, 0.3) is 0 Å². The zero-order valence-electron chi connectivity index (χ0n) is 25.9. The zero-order valence-corrected chi connectivity index (χ0v) is 25.9. The number of likely N-dealkylation sites (N-methyl/N-ethyl adjacent to an activating group) is 1. The van der Waals surface area contributed by atoms with Gasteiger partial charge in [-0.3, -0.25) is 29.3 Å². The van der Waals surface area contributed by atoms with Crippen molar-refractivity contribution in [3.63, 3.8) is 0 Å². The lowest BCUT2D eigenvalue weighted by Crippen LogP contribution is -2.59. The molecule has 1 saturated heterocycles. The molecule has 1 aliphatic carbocycles. The van der Waals surface area contributed by atoms with Crippen molar-refractivity contribution in [1.82, 2.24) is 26.2 Å². The maximum Gasteiger partial charge on any atom is 0.269 e. The van der Waals surface area contributed by atoms with Crippen molar-refractivity contribution in [3.05, 3.63) is 75.3 Å². The summed E-state index contributed by atoms with van der Waals surface area (Å²) in [5, 5.41) is 22.8. The van der Waals surface area contributed by atoms with E-state index in [9.17, 15) is 29.3 Å². The van der Waals surface area contributed by atoms with Crippen molar-refractivity contribution in [2.75, 3.05) is 13.6 Å². The normalized spacial score (nSPS) is 21.0. The van der Waals surface area contributed by atoms with Gasteiger partial charge in [0, 0.05) is 30.3 Å². The first-order valence-electron chi connectivity index (χ1n) is 15.0. The second-order valence-electron chi connectivity index (χ2n) is 12.7. The molecule has 4 N–H and O–H groups in total. The maximum absolute atomic E-state index is 14.2. The molecule has 0 bridgehead atoms. The summed E-state index contributed by atoms with van der Waals surface area (Å²) in [6, 6.07) is 10.1. The minimum absolute atomic E-state index is 0.0565. The Balaban J connectivity index is 1.59. The Kier molecular flexibility index (Phi) is 10.0. The van der Waals surface area contributed by atoms with E-state index in [1.165, 1.54) is 34.7 Å². The Labute approximate surface area is 257 Å². The molecule has 0 radical (unpaired) electrons. The van der Waals surface area contributed by atoms with Crippen LogP contribution in [-0.2, 0) is 20.8 Å². The fourth-order valence-electron chi connectivity index (χ4n) is 5.82. The van der Waals surface area contributed by atoms with Gasteiger partial charge in [-0.15, -0.1) is 0 Å². The first-order valence-corrected chi connectivity index (χ1v) is 15.0. The number of nitrogens with zero attached hydrogens (tertiary/aromatic N) is 2. The number of fused-ring (bicyclic) bond motifs is 1. The van der Waals surface area contributed by atoms with Gasteiger partial charge in [-0.25, -0.2) is 0 Å². The fraction of sp³-hybridized carbons (Fsp3) is 0.500. The van der Waals surface area contributed by atoms with Crippen molar-refractivity contribution >= 4 is 29.3 Å². The molecule has 0 saturated carbocycles. The van der Waals surface area contributed by atoms with E-state index < -0.39 is 46.3 Å². The largest absolute Gasteiger partial charge is 0.347 e. The van der Waals surface area contributed by atoms with Crippen molar-refractivity contribution < 1.29 is 24.1 Å². The van der Waals surface area contributed by atoms with E-state index in [0.717, 1.165) is 24.8 Å². The Morgan fingerprint density at radius 3 is 2.34 bits per heavy atom. The summed E-state index contributed by atoms with van der Waals surface area (Å²) < 4.78 is 0. The molecule has 44 heavy (non-hydrogen) atoms. The first-order chi connectivity index (χ1) is 20.8. The lowest BCUT2D eigenvalue weighted by atomic mass is 9.85. The maximum atomic E-state index is 14.2. The SMILES string of the molecule is CN[C@@H](C)C(=O)N[C@H](C(=O)N1C[C@@H](NC(=O)c2ccc([N+](=O)[O-])cc2)C[C@H]1C(=O)N[C@@H]1CCCc2ccccc21)C(C)(C)C. The van der Waals surface area contributed by atoms with E-state index in [1.54, 1.807) is 14.0 Å². The number of nitro groups is 1. The van der Waals surface area contributed by atoms with Gasteiger partial charge in [0.1, 0.15) is 12.1 Å². The minimum Gasteiger partial charge on any atom is -0.347 e. The second-order valence-corrected chi connectivity index (χ2v) is 12.7. The lowest BCUT2D eigenvalue weighted by molar-refractivity contribution is -0.384. The highest BCUT2D eigenvalue weighted by molar-refractivity contribution is 5.96. The van der Waals surface area contributed by atoms with Crippen LogP contribution in [0.2, 0.25) is 0 Å². The fourth-order valence-corrected chi connectivity index (χ4v) is 5.82. The van der Waals surface area contributed by atoms with Gasteiger partial charge >= 0.3 is 0 Å². The molecule has 1 aliphatic heterocycles. The Bertz CT molecular complexity index is 1400. The number of carbonyl (C=O) groups is 4. The van der Waals surface area contributed by atoms with Gasteiger partial charge in [0.15, 0.2) is 0 Å². The van der Waals surface area contributed by atoms with E-state index in [0.29, 0.717) is 0 Å². The molecule has 12 nitrogen and oxygen atoms in total. The van der Waals surface area contributed by atoms with Crippen LogP contribution in [0.4, 0.5) is 5.69 Å². The highest BCUT2D eigenvalue weighted by Crippen LogP contribution is 2.31. The number of carbonyl (C=O) groups excluding carboxylic acids is 4. The smallest absolute Gasteiger partial charge is 0.269 e. The van der Waals surface area contributed by atoms with Crippen LogP contribution in [0.3, 0.4) is 0 Å².